The van der Waals surface area contributed by atoms with Crippen molar-refractivity contribution in [1.82, 2.24) is 5.06 Å². The lowest BCUT2D eigenvalue weighted by Gasteiger charge is -2.53. The lowest BCUT2D eigenvalue weighted by Crippen LogP contribution is -2.62. The number of nitriles is 1. The fourth-order valence-electron chi connectivity index (χ4n) is 4.71. The molecular weight excluding hydrogens is 400 g/mol. The number of hydroxylamine groups is 2. The number of esters is 1. The van der Waals surface area contributed by atoms with Crippen LogP contribution in [0.25, 0.3) is 6.08 Å². The van der Waals surface area contributed by atoms with Crippen molar-refractivity contribution in [2.45, 2.75) is 103 Å². The van der Waals surface area contributed by atoms with Gasteiger partial charge in [-0.25, -0.2) is 4.79 Å². The number of hydrogen-bond donors (Lipinski definition) is 0. The standard InChI is InChI=1S/C27H40N2O3/c1-6-7-8-9-10-14-17-31-29-26(2,3)19-24(20-27(29,4)5)32-25(30)23(21-28)18-22-15-12-11-13-16-22/h11-13,15-16,18,24H,6-10,14,17,19-20H2,1-5H3/b23-18+. The van der Waals surface area contributed by atoms with Crippen LogP contribution in [-0.2, 0) is 14.4 Å². The van der Waals surface area contributed by atoms with Crippen molar-refractivity contribution >= 4 is 12.0 Å². The number of ether oxygens (including phenoxy) is 1. The van der Waals surface area contributed by atoms with Crippen LogP contribution in [0.15, 0.2) is 35.9 Å². The van der Waals surface area contributed by atoms with Gasteiger partial charge in [0.15, 0.2) is 0 Å². The van der Waals surface area contributed by atoms with Crippen molar-refractivity contribution < 1.29 is 14.4 Å². The Morgan fingerprint density at radius 3 is 2.25 bits per heavy atom. The van der Waals surface area contributed by atoms with Crippen molar-refractivity contribution in [3.63, 3.8) is 0 Å². The molecule has 176 valence electrons. The fraction of sp³-hybridized carbons (Fsp3) is 0.630. The summed E-state index contributed by atoms with van der Waals surface area (Å²) < 4.78 is 5.80. The summed E-state index contributed by atoms with van der Waals surface area (Å²) in [5.41, 5.74) is 0.253. The first-order chi connectivity index (χ1) is 15.2. The summed E-state index contributed by atoms with van der Waals surface area (Å²) in [7, 11) is 0. The first kappa shape index (κ1) is 26.1. The predicted molar refractivity (Wildman–Crippen MR) is 128 cm³/mol. The number of rotatable bonds is 11. The molecule has 0 aromatic heterocycles. The van der Waals surface area contributed by atoms with Gasteiger partial charge in [0.1, 0.15) is 17.7 Å². The molecular formula is C27H40N2O3. The SMILES string of the molecule is CCCCCCCCON1C(C)(C)CC(OC(=O)/C(C#N)=C/c2ccccc2)CC1(C)C. The number of piperidine rings is 1. The number of hydrogen-bond acceptors (Lipinski definition) is 5. The number of benzene rings is 1. The fourth-order valence-corrected chi connectivity index (χ4v) is 4.71. The Labute approximate surface area is 194 Å². The van der Waals surface area contributed by atoms with Gasteiger partial charge in [-0.3, -0.25) is 4.84 Å². The monoisotopic (exact) mass is 440 g/mol. The van der Waals surface area contributed by atoms with Gasteiger partial charge in [-0.1, -0.05) is 69.4 Å². The average Bonchev–Trinajstić information content (AvgIpc) is 2.72. The summed E-state index contributed by atoms with van der Waals surface area (Å²) in [6, 6.07) is 11.4. The van der Waals surface area contributed by atoms with Crippen molar-refractivity contribution in [2.75, 3.05) is 6.61 Å². The van der Waals surface area contributed by atoms with Gasteiger partial charge in [-0.2, -0.15) is 10.3 Å². The van der Waals surface area contributed by atoms with E-state index in [1.807, 2.05) is 36.4 Å². The molecule has 0 bridgehead atoms. The summed E-state index contributed by atoms with van der Waals surface area (Å²) in [6.07, 6.45) is 10.0. The van der Waals surface area contributed by atoms with E-state index in [-0.39, 0.29) is 22.8 Å². The third-order valence-electron chi connectivity index (χ3n) is 6.00. The molecule has 0 atom stereocenters. The van der Waals surface area contributed by atoms with Crippen LogP contribution in [-0.4, -0.2) is 34.8 Å². The molecule has 1 fully saturated rings. The Hall–Kier alpha value is -2.16. The number of nitrogens with zero attached hydrogens (tertiary/aromatic N) is 2. The van der Waals surface area contributed by atoms with E-state index in [1.165, 1.54) is 32.1 Å². The van der Waals surface area contributed by atoms with Gasteiger partial charge < -0.3 is 4.74 Å². The molecule has 1 aromatic rings. The average molecular weight is 441 g/mol. The molecule has 0 aliphatic carbocycles. The zero-order valence-electron chi connectivity index (χ0n) is 20.5. The van der Waals surface area contributed by atoms with Crippen LogP contribution in [0.3, 0.4) is 0 Å². The normalized spacial score (nSPS) is 18.8. The van der Waals surface area contributed by atoms with E-state index in [0.717, 1.165) is 12.0 Å². The van der Waals surface area contributed by atoms with Gasteiger partial charge >= 0.3 is 5.97 Å². The third-order valence-corrected chi connectivity index (χ3v) is 6.00. The Morgan fingerprint density at radius 1 is 1.06 bits per heavy atom. The number of carbonyl (C=O) groups excluding carboxylic acids is 1. The van der Waals surface area contributed by atoms with Crippen LogP contribution >= 0.6 is 0 Å². The molecule has 1 saturated heterocycles. The van der Waals surface area contributed by atoms with Gasteiger partial charge in [0.25, 0.3) is 0 Å². The van der Waals surface area contributed by atoms with E-state index in [2.05, 4.69) is 39.7 Å². The predicted octanol–water partition coefficient (Wildman–Crippen LogP) is 6.45. The molecule has 5 heteroatoms. The van der Waals surface area contributed by atoms with Crippen LogP contribution < -0.4 is 0 Å². The number of unbranched alkanes of at least 4 members (excludes halogenated alkanes) is 5. The van der Waals surface area contributed by atoms with Crippen LogP contribution in [0.5, 0.6) is 0 Å². The zero-order valence-corrected chi connectivity index (χ0v) is 20.5. The van der Waals surface area contributed by atoms with Crippen molar-refractivity contribution in [3.8, 4) is 6.07 Å². The molecule has 0 amide bonds. The third kappa shape index (κ3) is 7.76. The van der Waals surface area contributed by atoms with E-state index in [0.29, 0.717) is 19.4 Å². The number of carbonyl (C=O) groups is 1. The summed E-state index contributed by atoms with van der Waals surface area (Å²) in [6.45, 7) is 11.4. The minimum absolute atomic E-state index is 0.0218. The van der Waals surface area contributed by atoms with Gasteiger partial charge in [0.2, 0.25) is 0 Å². The van der Waals surface area contributed by atoms with E-state index in [9.17, 15) is 10.1 Å². The first-order valence-electron chi connectivity index (χ1n) is 12.0. The van der Waals surface area contributed by atoms with Crippen LogP contribution in [0, 0.1) is 11.3 Å². The van der Waals surface area contributed by atoms with E-state index < -0.39 is 5.97 Å². The molecule has 1 aliphatic rings. The topological polar surface area (TPSA) is 62.6 Å². The Balaban J connectivity index is 1.94. The van der Waals surface area contributed by atoms with E-state index >= 15 is 0 Å². The lowest BCUT2D eigenvalue weighted by atomic mass is 9.80. The van der Waals surface area contributed by atoms with Gasteiger partial charge in [0, 0.05) is 23.9 Å². The van der Waals surface area contributed by atoms with Crippen molar-refractivity contribution in [3.05, 3.63) is 41.5 Å². The van der Waals surface area contributed by atoms with Crippen LogP contribution in [0.4, 0.5) is 0 Å². The summed E-state index contributed by atoms with van der Waals surface area (Å²) in [4.78, 5) is 19.0. The largest absolute Gasteiger partial charge is 0.458 e. The van der Waals surface area contributed by atoms with Crippen LogP contribution in [0.1, 0.15) is 91.5 Å². The van der Waals surface area contributed by atoms with Crippen molar-refractivity contribution in [2.24, 2.45) is 0 Å². The second kappa shape index (κ2) is 12.2. The molecule has 0 unspecified atom stereocenters. The molecule has 1 aromatic carbocycles. The maximum atomic E-state index is 12.7. The van der Waals surface area contributed by atoms with Crippen molar-refractivity contribution in [1.29, 1.82) is 5.26 Å². The molecule has 0 radical (unpaired) electrons. The highest BCUT2D eigenvalue weighted by Crippen LogP contribution is 2.40. The Morgan fingerprint density at radius 2 is 1.66 bits per heavy atom. The Bertz CT molecular complexity index is 775. The molecule has 32 heavy (non-hydrogen) atoms. The quantitative estimate of drug-likeness (QED) is 0.171. The van der Waals surface area contributed by atoms with E-state index in [4.69, 9.17) is 9.57 Å². The summed E-state index contributed by atoms with van der Waals surface area (Å²) >= 11 is 0. The van der Waals surface area contributed by atoms with Gasteiger partial charge in [-0.15, -0.1) is 0 Å². The second-order valence-corrected chi connectivity index (χ2v) is 10.0. The van der Waals surface area contributed by atoms with E-state index in [1.54, 1.807) is 6.08 Å². The highest BCUT2D eigenvalue weighted by Gasteiger charge is 2.47. The molecule has 5 nitrogen and oxygen atoms in total. The molecule has 2 rings (SSSR count). The molecule has 1 heterocycles. The molecule has 0 saturated carbocycles. The minimum atomic E-state index is -0.561. The summed E-state index contributed by atoms with van der Waals surface area (Å²) in [5.74, 6) is -0.561. The van der Waals surface area contributed by atoms with Crippen LogP contribution in [0.2, 0.25) is 0 Å². The lowest BCUT2D eigenvalue weighted by molar-refractivity contribution is -0.293. The maximum absolute atomic E-state index is 12.7. The smallest absolute Gasteiger partial charge is 0.349 e. The highest BCUT2D eigenvalue weighted by molar-refractivity contribution is 5.98. The first-order valence-corrected chi connectivity index (χ1v) is 12.0. The van der Waals surface area contributed by atoms with Gasteiger partial charge in [-0.05, 0) is 45.8 Å². The van der Waals surface area contributed by atoms with Gasteiger partial charge in [0.05, 0.1) is 6.61 Å². The zero-order chi connectivity index (χ0) is 23.6. The molecule has 1 aliphatic heterocycles. The maximum Gasteiger partial charge on any atom is 0.349 e. The molecule has 0 N–H and O–H groups in total. The minimum Gasteiger partial charge on any atom is -0.458 e. The summed E-state index contributed by atoms with van der Waals surface area (Å²) in [5, 5.41) is 11.6. The Kier molecular flexibility index (Phi) is 9.93. The second-order valence-electron chi connectivity index (χ2n) is 10.0. The highest BCUT2D eigenvalue weighted by atomic mass is 16.7. The molecule has 0 spiro atoms.